The van der Waals surface area contributed by atoms with Crippen LogP contribution in [0.5, 0.6) is 0 Å². The lowest BCUT2D eigenvalue weighted by Gasteiger charge is -2.07. The van der Waals surface area contributed by atoms with Crippen molar-refractivity contribution in [1.82, 2.24) is 4.98 Å². The van der Waals surface area contributed by atoms with Gasteiger partial charge in [0.1, 0.15) is 0 Å². The molecule has 23 heavy (non-hydrogen) atoms. The fourth-order valence-corrected chi connectivity index (χ4v) is 3.19. The van der Waals surface area contributed by atoms with Crippen molar-refractivity contribution < 1.29 is 4.79 Å². The Kier molecular flexibility index (Phi) is 4.73. The summed E-state index contributed by atoms with van der Waals surface area (Å²) in [5.74, 6) is -0.141. The molecular weight excluding hydrogens is 374 g/mol. The second-order valence-corrected chi connectivity index (χ2v) is 6.61. The minimum absolute atomic E-state index is 0.141. The van der Waals surface area contributed by atoms with Gasteiger partial charge in [-0.1, -0.05) is 34.1 Å². The Hall–Kier alpha value is -2.18. The van der Waals surface area contributed by atoms with E-state index in [2.05, 4.69) is 31.5 Å². The van der Waals surface area contributed by atoms with Gasteiger partial charge in [0.25, 0.3) is 5.91 Å². The Bertz CT molecular complexity index is 847. The molecule has 0 bridgehead atoms. The number of thiazole rings is 1. The van der Waals surface area contributed by atoms with Crippen LogP contribution in [-0.2, 0) is 0 Å². The topological polar surface area (TPSA) is 54.0 Å². The molecule has 116 valence electrons. The van der Waals surface area contributed by atoms with Crippen LogP contribution in [0.25, 0.3) is 11.3 Å². The van der Waals surface area contributed by atoms with Gasteiger partial charge in [-0.3, -0.25) is 4.79 Å². The number of halogens is 1. The van der Waals surface area contributed by atoms with Gasteiger partial charge in [-0.2, -0.15) is 0 Å². The van der Waals surface area contributed by atoms with Crippen LogP contribution in [0.2, 0.25) is 0 Å². The van der Waals surface area contributed by atoms with Crippen molar-refractivity contribution in [2.24, 2.45) is 0 Å². The van der Waals surface area contributed by atoms with Gasteiger partial charge in [0.05, 0.1) is 5.69 Å². The zero-order valence-electron chi connectivity index (χ0n) is 12.3. The van der Waals surface area contributed by atoms with Crippen molar-refractivity contribution in [1.29, 1.82) is 0 Å². The van der Waals surface area contributed by atoms with Crippen LogP contribution >= 0.6 is 27.3 Å². The quantitative estimate of drug-likeness (QED) is 0.671. The van der Waals surface area contributed by atoms with Crippen LogP contribution in [0.1, 0.15) is 10.4 Å². The normalized spacial score (nSPS) is 10.3. The summed E-state index contributed by atoms with van der Waals surface area (Å²) >= 11 is 4.92. The largest absolute Gasteiger partial charge is 0.365 e. The molecule has 2 N–H and O–H groups in total. The molecule has 0 unspecified atom stereocenters. The van der Waals surface area contributed by atoms with Crippen molar-refractivity contribution in [2.75, 3.05) is 17.7 Å². The lowest BCUT2D eigenvalue weighted by atomic mass is 10.1. The molecule has 0 saturated heterocycles. The maximum atomic E-state index is 12.3. The van der Waals surface area contributed by atoms with E-state index < -0.39 is 0 Å². The van der Waals surface area contributed by atoms with Gasteiger partial charge in [0.15, 0.2) is 5.13 Å². The zero-order valence-corrected chi connectivity index (χ0v) is 14.7. The van der Waals surface area contributed by atoms with Crippen molar-refractivity contribution >= 4 is 44.0 Å². The van der Waals surface area contributed by atoms with Gasteiger partial charge >= 0.3 is 0 Å². The summed E-state index contributed by atoms with van der Waals surface area (Å²) in [7, 11) is 1.84. The molecule has 1 heterocycles. The van der Waals surface area contributed by atoms with E-state index in [1.807, 2.05) is 48.8 Å². The van der Waals surface area contributed by atoms with Crippen LogP contribution in [-0.4, -0.2) is 17.9 Å². The van der Waals surface area contributed by atoms with Gasteiger partial charge in [-0.05, 0) is 30.3 Å². The molecule has 0 atom stereocenters. The second kappa shape index (κ2) is 6.93. The Morgan fingerprint density at radius 2 is 2.00 bits per heavy atom. The number of aromatic nitrogens is 1. The van der Waals surface area contributed by atoms with Gasteiger partial charge in [0, 0.05) is 33.7 Å². The highest BCUT2D eigenvalue weighted by Gasteiger charge is 2.08. The van der Waals surface area contributed by atoms with Gasteiger partial charge < -0.3 is 10.6 Å². The molecule has 0 aliphatic carbocycles. The highest BCUT2D eigenvalue weighted by Crippen LogP contribution is 2.26. The maximum absolute atomic E-state index is 12.3. The summed E-state index contributed by atoms with van der Waals surface area (Å²) in [6.45, 7) is 0. The molecule has 0 aliphatic rings. The summed E-state index contributed by atoms with van der Waals surface area (Å²) in [6.07, 6.45) is 0. The first-order chi connectivity index (χ1) is 11.2. The highest BCUT2D eigenvalue weighted by atomic mass is 79.9. The number of hydrogen-bond donors (Lipinski definition) is 2. The number of benzene rings is 2. The zero-order chi connectivity index (χ0) is 16.2. The third kappa shape index (κ3) is 3.78. The number of amides is 1. The van der Waals surface area contributed by atoms with Crippen LogP contribution in [0.4, 0.5) is 10.8 Å². The SMILES string of the molecule is CNc1nc(-c2cccc(NC(=O)c3cccc(Br)c3)c2)cs1. The van der Waals surface area contributed by atoms with E-state index in [0.717, 1.165) is 26.5 Å². The van der Waals surface area contributed by atoms with Gasteiger partial charge in [0.2, 0.25) is 0 Å². The van der Waals surface area contributed by atoms with Crippen LogP contribution in [0, 0.1) is 0 Å². The van der Waals surface area contributed by atoms with E-state index in [0.29, 0.717) is 5.56 Å². The molecule has 6 heteroatoms. The maximum Gasteiger partial charge on any atom is 0.255 e. The minimum Gasteiger partial charge on any atom is -0.365 e. The first-order valence-electron chi connectivity index (χ1n) is 6.96. The minimum atomic E-state index is -0.141. The summed E-state index contributed by atoms with van der Waals surface area (Å²) in [5.41, 5.74) is 3.20. The molecule has 4 nitrogen and oxygen atoms in total. The third-order valence-electron chi connectivity index (χ3n) is 3.22. The lowest BCUT2D eigenvalue weighted by molar-refractivity contribution is 0.102. The van der Waals surface area contributed by atoms with Crippen molar-refractivity contribution in [3.63, 3.8) is 0 Å². The summed E-state index contributed by atoms with van der Waals surface area (Å²) in [5, 5.41) is 8.79. The molecule has 1 amide bonds. The van der Waals surface area contributed by atoms with Crippen molar-refractivity contribution in [2.45, 2.75) is 0 Å². The smallest absolute Gasteiger partial charge is 0.255 e. The monoisotopic (exact) mass is 387 g/mol. The fourth-order valence-electron chi connectivity index (χ4n) is 2.11. The molecular formula is C17H14BrN3OS. The Balaban J connectivity index is 1.81. The second-order valence-electron chi connectivity index (χ2n) is 4.83. The average molecular weight is 388 g/mol. The summed E-state index contributed by atoms with van der Waals surface area (Å²) < 4.78 is 0.876. The number of carbonyl (C=O) groups is 1. The number of hydrogen-bond acceptors (Lipinski definition) is 4. The fraction of sp³-hybridized carbons (Fsp3) is 0.0588. The molecule has 0 radical (unpaired) electrons. The summed E-state index contributed by atoms with van der Waals surface area (Å²) in [6, 6.07) is 15.0. The Morgan fingerprint density at radius 3 is 2.74 bits per heavy atom. The van der Waals surface area contributed by atoms with E-state index >= 15 is 0 Å². The number of rotatable bonds is 4. The predicted molar refractivity (Wildman–Crippen MR) is 99.2 cm³/mol. The van der Waals surface area contributed by atoms with E-state index in [9.17, 15) is 4.79 Å². The predicted octanol–water partition coefficient (Wildman–Crippen LogP) is 4.87. The average Bonchev–Trinajstić information content (AvgIpc) is 3.04. The molecule has 0 saturated carbocycles. The molecule has 2 aromatic carbocycles. The number of nitrogens with one attached hydrogen (secondary N) is 2. The number of carbonyl (C=O) groups excluding carboxylic acids is 1. The Labute approximate surface area is 146 Å². The highest BCUT2D eigenvalue weighted by molar-refractivity contribution is 9.10. The molecule has 3 aromatic rings. The van der Waals surface area contributed by atoms with Gasteiger partial charge in [-0.15, -0.1) is 11.3 Å². The van der Waals surface area contributed by atoms with Crippen LogP contribution in [0.15, 0.2) is 58.4 Å². The lowest BCUT2D eigenvalue weighted by Crippen LogP contribution is -2.11. The standard InChI is InChI=1S/C17H14BrN3OS/c1-19-17-21-15(10-23-17)11-4-3-7-14(9-11)20-16(22)12-5-2-6-13(18)8-12/h2-10H,1H3,(H,19,21)(H,20,22). The van der Waals surface area contributed by atoms with Crippen molar-refractivity contribution in [3.05, 3.63) is 63.9 Å². The van der Waals surface area contributed by atoms with E-state index in [4.69, 9.17) is 0 Å². The summed E-state index contributed by atoms with van der Waals surface area (Å²) in [4.78, 5) is 16.8. The molecule has 1 aromatic heterocycles. The van der Waals surface area contributed by atoms with Gasteiger partial charge in [-0.25, -0.2) is 4.98 Å². The molecule has 0 aliphatic heterocycles. The van der Waals surface area contributed by atoms with Crippen LogP contribution in [0.3, 0.4) is 0 Å². The first kappa shape index (κ1) is 15.7. The molecule has 3 rings (SSSR count). The van der Waals surface area contributed by atoms with E-state index in [-0.39, 0.29) is 5.91 Å². The molecule has 0 fully saturated rings. The van der Waals surface area contributed by atoms with Crippen molar-refractivity contribution in [3.8, 4) is 11.3 Å². The van der Waals surface area contributed by atoms with Crippen LogP contribution < -0.4 is 10.6 Å². The number of anilines is 2. The Morgan fingerprint density at radius 1 is 1.17 bits per heavy atom. The molecule has 0 spiro atoms. The first-order valence-corrected chi connectivity index (χ1v) is 8.63. The third-order valence-corrected chi connectivity index (χ3v) is 4.57. The number of nitrogens with zero attached hydrogens (tertiary/aromatic N) is 1. The van der Waals surface area contributed by atoms with E-state index in [1.54, 1.807) is 23.5 Å². The van der Waals surface area contributed by atoms with E-state index in [1.165, 1.54) is 0 Å².